The third-order valence-corrected chi connectivity index (χ3v) is 3.49. The zero-order valence-corrected chi connectivity index (χ0v) is 14.1. The maximum atomic E-state index is 13.7. The first kappa shape index (κ1) is 18.3. The second kappa shape index (κ2) is 7.69. The Balaban J connectivity index is 2.40. The summed E-state index contributed by atoms with van der Waals surface area (Å²) in [5, 5.41) is 10.9. The van der Waals surface area contributed by atoms with E-state index in [1.807, 2.05) is 20.8 Å². The highest BCUT2D eigenvalue weighted by Gasteiger charge is 2.22. The van der Waals surface area contributed by atoms with E-state index >= 15 is 0 Å². The predicted octanol–water partition coefficient (Wildman–Crippen LogP) is 1.36. The SMILES string of the molecule is CCN(C(=O)c1cc(F)ccc1Oc1cnc[n+](C(=O)[O-])c1)C(C)C. The van der Waals surface area contributed by atoms with Gasteiger partial charge >= 0.3 is 0 Å². The van der Waals surface area contributed by atoms with Crippen molar-refractivity contribution >= 4 is 12.0 Å². The normalized spacial score (nSPS) is 10.6. The van der Waals surface area contributed by atoms with E-state index in [1.165, 1.54) is 12.3 Å². The number of ether oxygens (including phenoxy) is 1. The summed E-state index contributed by atoms with van der Waals surface area (Å²) in [5.41, 5.74) is 0.0411. The number of hydrogen-bond acceptors (Lipinski definition) is 5. The predicted molar refractivity (Wildman–Crippen MR) is 83.5 cm³/mol. The van der Waals surface area contributed by atoms with Gasteiger partial charge in [-0.05, 0) is 39.0 Å². The van der Waals surface area contributed by atoms with Crippen molar-refractivity contribution in [3.63, 3.8) is 0 Å². The smallest absolute Gasteiger partial charge is 0.292 e. The fourth-order valence-electron chi connectivity index (χ4n) is 2.32. The van der Waals surface area contributed by atoms with Crippen LogP contribution in [0.15, 0.2) is 36.9 Å². The number of aromatic nitrogens is 2. The third-order valence-electron chi connectivity index (χ3n) is 3.49. The molecule has 8 heteroatoms. The van der Waals surface area contributed by atoms with Crippen LogP contribution in [0.4, 0.5) is 9.18 Å². The molecule has 0 bridgehead atoms. The van der Waals surface area contributed by atoms with E-state index in [0.29, 0.717) is 11.1 Å². The van der Waals surface area contributed by atoms with E-state index in [4.69, 9.17) is 4.74 Å². The molecule has 1 heterocycles. The van der Waals surface area contributed by atoms with Gasteiger partial charge in [-0.3, -0.25) is 4.79 Å². The molecule has 0 unspecified atom stereocenters. The Kier molecular flexibility index (Phi) is 5.63. The summed E-state index contributed by atoms with van der Waals surface area (Å²) in [6.45, 7) is 5.97. The lowest BCUT2D eigenvalue weighted by atomic mass is 10.1. The van der Waals surface area contributed by atoms with Crippen molar-refractivity contribution in [2.75, 3.05) is 6.54 Å². The first-order valence-electron chi connectivity index (χ1n) is 7.69. The topological polar surface area (TPSA) is 86.4 Å². The van der Waals surface area contributed by atoms with E-state index in [9.17, 15) is 19.1 Å². The van der Waals surface area contributed by atoms with Crippen LogP contribution in [0, 0.1) is 5.82 Å². The zero-order chi connectivity index (χ0) is 18.6. The zero-order valence-electron chi connectivity index (χ0n) is 14.1. The molecule has 1 aromatic carbocycles. The molecule has 0 N–H and O–H groups in total. The number of rotatable bonds is 5. The molecule has 0 atom stereocenters. The number of hydrogen-bond donors (Lipinski definition) is 0. The van der Waals surface area contributed by atoms with Crippen LogP contribution in [0.2, 0.25) is 0 Å². The van der Waals surface area contributed by atoms with E-state index in [-0.39, 0.29) is 29.0 Å². The first-order chi connectivity index (χ1) is 11.8. The number of carboxylic acid groups (broad SMARTS) is 1. The highest BCUT2D eigenvalue weighted by Crippen LogP contribution is 2.26. The lowest BCUT2D eigenvalue weighted by molar-refractivity contribution is -0.633. The Morgan fingerprint density at radius 3 is 2.72 bits per heavy atom. The molecule has 0 saturated heterocycles. The van der Waals surface area contributed by atoms with E-state index in [0.717, 1.165) is 24.7 Å². The van der Waals surface area contributed by atoms with Crippen LogP contribution in [0.1, 0.15) is 31.1 Å². The third kappa shape index (κ3) is 4.28. The van der Waals surface area contributed by atoms with Gasteiger partial charge in [-0.25, -0.2) is 4.39 Å². The van der Waals surface area contributed by atoms with Gasteiger partial charge in [-0.15, -0.1) is 0 Å². The van der Waals surface area contributed by atoms with E-state index < -0.39 is 11.9 Å². The largest absolute Gasteiger partial charge is 0.510 e. The molecule has 2 aromatic rings. The highest BCUT2D eigenvalue weighted by molar-refractivity contribution is 5.97. The number of carbonyl (C=O) groups is 2. The van der Waals surface area contributed by atoms with Crippen LogP contribution >= 0.6 is 0 Å². The van der Waals surface area contributed by atoms with Crippen molar-refractivity contribution in [1.82, 2.24) is 9.88 Å². The highest BCUT2D eigenvalue weighted by atomic mass is 19.1. The average Bonchev–Trinajstić information content (AvgIpc) is 2.57. The molecule has 1 amide bonds. The minimum Gasteiger partial charge on any atom is -0.510 e. The molecule has 0 radical (unpaired) electrons. The second-order valence-electron chi connectivity index (χ2n) is 5.53. The molecule has 0 fully saturated rings. The summed E-state index contributed by atoms with van der Waals surface area (Å²) in [5.74, 6) is -0.793. The Hall–Kier alpha value is -3.03. The van der Waals surface area contributed by atoms with Gasteiger partial charge in [0.05, 0.1) is 5.56 Å². The lowest BCUT2D eigenvalue weighted by Gasteiger charge is -2.26. The monoisotopic (exact) mass is 347 g/mol. The average molecular weight is 347 g/mol. The van der Waals surface area contributed by atoms with E-state index in [1.54, 1.807) is 4.90 Å². The maximum Gasteiger partial charge on any atom is 0.292 e. The quantitative estimate of drug-likeness (QED) is 0.762. The van der Waals surface area contributed by atoms with Crippen LogP contribution in [-0.4, -0.2) is 34.5 Å². The van der Waals surface area contributed by atoms with Crippen molar-refractivity contribution < 1.29 is 28.4 Å². The Morgan fingerprint density at radius 1 is 1.40 bits per heavy atom. The Labute approximate surface area is 144 Å². The fraction of sp³-hybridized carbons (Fsp3) is 0.294. The van der Waals surface area contributed by atoms with Crippen LogP contribution < -0.4 is 14.4 Å². The molecular formula is C17H18FN3O4. The summed E-state index contributed by atoms with van der Waals surface area (Å²) in [7, 11) is 0. The summed E-state index contributed by atoms with van der Waals surface area (Å²) < 4.78 is 19.9. The van der Waals surface area contributed by atoms with Crippen LogP contribution in [-0.2, 0) is 0 Å². The summed E-state index contributed by atoms with van der Waals surface area (Å²) >= 11 is 0. The minimum absolute atomic E-state index is 0.0411. The maximum absolute atomic E-state index is 13.7. The second-order valence-corrected chi connectivity index (χ2v) is 5.53. The summed E-state index contributed by atoms with van der Waals surface area (Å²) in [4.78, 5) is 28.9. The van der Waals surface area contributed by atoms with Gasteiger partial charge < -0.3 is 19.5 Å². The Morgan fingerprint density at radius 2 is 2.12 bits per heavy atom. The van der Waals surface area contributed by atoms with Crippen molar-refractivity contribution in [3.8, 4) is 11.5 Å². The van der Waals surface area contributed by atoms with Gasteiger partial charge in [0.15, 0.2) is 6.20 Å². The van der Waals surface area contributed by atoms with Crippen molar-refractivity contribution in [1.29, 1.82) is 0 Å². The standard InChI is InChI=1S/C17H18FN3O4/c1-4-21(11(2)3)16(22)14-7-12(18)5-6-15(14)25-13-8-19-10-20(9-13)17(23)24/h5-11H,4H2,1-3H3. The van der Waals surface area contributed by atoms with Gasteiger partial charge in [0, 0.05) is 12.6 Å². The first-order valence-corrected chi connectivity index (χ1v) is 7.69. The van der Waals surface area contributed by atoms with Crippen LogP contribution in [0.25, 0.3) is 0 Å². The van der Waals surface area contributed by atoms with Crippen LogP contribution in [0.3, 0.4) is 0 Å². The molecule has 0 aliphatic heterocycles. The number of halogens is 1. The molecule has 0 saturated carbocycles. The number of amides is 1. The van der Waals surface area contributed by atoms with Gasteiger partial charge in [0.1, 0.15) is 17.8 Å². The summed E-state index contributed by atoms with van der Waals surface area (Å²) in [6.07, 6.45) is 1.97. The Bertz CT molecular complexity index is 795. The summed E-state index contributed by atoms with van der Waals surface area (Å²) in [6, 6.07) is 3.48. The number of carbonyl (C=O) groups excluding carboxylic acids is 2. The van der Waals surface area contributed by atoms with Gasteiger partial charge in [0.25, 0.3) is 12.2 Å². The molecule has 1 aromatic heterocycles. The molecule has 0 spiro atoms. The molecule has 0 aliphatic carbocycles. The molecule has 2 rings (SSSR count). The van der Waals surface area contributed by atoms with Gasteiger partial charge in [-0.1, -0.05) is 4.98 Å². The van der Waals surface area contributed by atoms with Crippen LogP contribution in [0.5, 0.6) is 11.5 Å². The van der Waals surface area contributed by atoms with Gasteiger partial charge in [0.2, 0.25) is 11.8 Å². The molecule has 0 aliphatic rings. The number of nitrogens with zero attached hydrogens (tertiary/aromatic N) is 3. The molecular weight excluding hydrogens is 329 g/mol. The van der Waals surface area contributed by atoms with Crippen molar-refractivity contribution in [2.45, 2.75) is 26.8 Å². The molecule has 132 valence electrons. The van der Waals surface area contributed by atoms with Crippen molar-refractivity contribution in [2.24, 2.45) is 0 Å². The number of benzene rings is 1. The molecule has 25 heavy (non-hydrogen) atoms. The minimum atomic E-state index is -1.48. The van der Waals surface area contributed by atoms with E-state index in [2.05, 4.69) is 4.98 Å². The molecule has 7 nitrogen and oxygen atoms in total. The lowest BCUT2D eigenvalue weighted by Crippen LogP contribution is -2.51. The van der Waals surface area contributed by atoms with Crippen molar-refractivity contribution in [3.05, 3.63) is 48.3 Å². The fourth-order valence-corrected chi connectivity index (χ4v) is 2.32. The van der Waals surface area contributed by atoms with Gasteiger partial charge in [-0.2, -0.15) is 4.57 Å².